The van der Waals surface area contributed by atoms with Gasteiger partial charge in [0.1, 0.15) is 0 Å². The van der Waals surface area contributed by atoms with Gasteiger partial charge in [-0.3, -0.25) is 4.79 Å². The van der Waals surface area contributed by atoms with Gasteiger partial charge in [0.05, 0.1) is 0 Å². The molecule has 0 spiro atoms. The largest absolute Gasteiger partial charge is 0.288 e. The molecule has 10 heavy (non-hydrogen) atoms. The van der Waals surface area contributed by atoms with E-state index in [9.17, 15) is 4.79 Å². The molecular formula is C8H8OS. The van der Waals surface area contributed by atoms with Crippen LogP contribution < -0.4 is 0 Å². The molecule has 0 unspecified atom stereocenters. The first-order chi connectivity index (χ1) is 4.70. The summed E-state index contributed by atoms with van der Waals surface area (Å²) in [6.45, 7) is 1.39. The van der Waals surface area contributed by atoms with E-state index in [1.165, 1.54) is 18.1 Å². The van der Waals surface area contributed by atoms with E-state index in [4.69, 9.17) is 0 Å². The van der Waals surface area contributed by atoms with Crippen molar-refractivity contribution in [3.8, 4) is 11.1 Å². The molecule has 0 aromatic rings. The summed E-state index contributed by atoms with van der Waals surface area (Å²) in [4.78, 5) is 9.31. The van der Waals surface area contributed by atoms with Gasteiger partial charge in [0, 0.05) is 6.92 Å². The summed E-state index contributed by atoms with van der Waals surface area (Å²) >= 11 is 3.33. The summed E-state index contributed by atoms with van der Waals surface area (Å²) in [6, 6.07) is 8.48. The highest BCUT2D eigenvalue weighted by Gasteiger charge is 2.06. The Bertz CT molecular complexity index is 234. The summed E-state index contributed by atoms with van der Waals surface area (Å²) in [5.74, 6) is 0. The monoisotopic (exact) mass is 152 g/mol. The first-order valence-electron chi connectivity index (χ1n) is 3.00. The molecule has 2 rings (SSSR count). The number of carbonyl (C=O) groups is 1. The van der Waals surface area contributed by atoms with Gasteiger partial charge < -0.3 is 0 Å². The van der Waals surface area contributed by atoms with E-state index < -0.39 is 0 Å². The second-order valence-electron chi connectivity index (χ2n) is 2.10. The molecule has 2 heteroatoms. The second kappa shape index (κ2) is 2.88. The van der Waals surface area contributed by atoms with Crippen LogP contribution in [0.15, 0.2) is 24.3 Å². The van der Waals surface area contributed by atoms with Crippen LogP contribution in [0.4, 0.5) is 0 Å². The molecule has 2 aliphatic carbocycles. The Morgan fingerprint density at radius 2 is 1.80 bits per heavy atom. The first kappa shape index (κ1) is 7.35. The molecule has 0 saturated carbocycles. The van der Waals surface area contributed by atoms with E-state index in [1.807, 2.05) is 0 Å². The van der Waals surface area contributed by atoms with Crippen LogP contribution in [0.2, 0.25) is 0 Å². The lowest BCUT2D eigenvalue weighted by Gasteiger charge is -1.55. The fourth-order valence-electron chi connectivity index (χ4n) is 0.676. The van der Waals surface area contributed by atoms with E-state index >= 15 is 0 Å². The number of fused-ring (bicyclic) bond motifs is 1. The Kier molecular flexibility index (Phi) is 2.12. The maximum absolute atomic E-state index is 9.31. The zero-order valence-electron chi connectivity index (χ0n) is 5.66. The predicted octanol–water partition coefficient (Wildman–Crippen LogP) is 2.13. The minimum Gasteiger partial charge on any atom is -0.288 e. The van der Waals surface area contributed by atoms with Crippen LogP contribution in [0.5, 0.6) is 0 Å². The van der Waals surface area contributed by atoms with Crippen LogP contribution in [0.25, 0.3) is 11.1 Å². The van der Waals surface area contributed by atoms with Crippen molar-refractivity contribution in [1.82, 2.24) is 0 Å². The third-order valence-electron chi connectivity index (χ3n) is 1.11. The number of carbonyl (C=O) groups excluding carboxylic acids is 1. The molecule has 0 radical (unpaired) electrons. The Balaban J connectivity index is 0.000000112. The number of benzene rings is 1. The fourth-order valence-corrected chi connectivity index (χ4v) is 0.676. The predicted molar refractivity (Wildman–Crippen MR) is 45.1 cm³/mol. The molecule has 0 aliphatic heterocycles. The second-order valence-corrected chi connectivity index (χ2v) is 2.73. The topological polar surface area (TPSA) is 17.1 Å². The van der Waals surface area contributed by atoms with E-state index in [1.54, 1.807) is 0 Å². The molecule has 0 aromatic carbocycles. The van der Waals surface area contributed by atoms with E-state index in [0.29, 0.717) is 0 Å². The molecule has 0 heterocycles. The number of rotatable bonds is 0. The standard InChI is InChI=1S/C6H4.C2H4OS/c1-2-5-4-6(5)3-1;1-2(3)4/h1-4H;1H3,(H,3,4). The Hall–Kier alpha value is -0.760. The van der Waals surface area contributed by atoms with Crippen LogP contribution in [0.3, 0.4) is 0 Å². The molecule has 0 aromatic heterocycles. The van der Waals surface area contributed by atoms with Gasteiger partial charge >= 0.3 is 0 Å². The minimum absolute atomic E-state index is 0.139. The van der Waals surface area contributed by atoms with Crippen molar-refractivity contribution >= 4 is 17.7 Å². The highest BCUT2D eigenvalue weighted by atomic mass is 32.1. The van der Waals surface area contributed by atoms with Gasteiger partial charge in [-0.05, 0) is 17.2 Å². The maximum Gasteiger partial charge on any atom is 0.182 e. The minimum atomic E-state index is -0.139. The van der Waals surface area contributed by atoms with E-state index in [-0.39, 0.29) is 5.12 Å². The van der Waals surface area contributed by atoms with Gasteiger partial charge in [-0.2, -0.15) is 0 Å². The number of hydrogen-bond acceptors (Lipinski definition) is 1. The molecule has 1 nitrogen and oxygen atoms in total. The molecule has 0 fully saturated rings. The van der Waals surface area contributed by atoms with Crippen molar-refractivity contribution in [3.05, 3.63) is 24.3 Å². The molecule has 52 valence electrons. The normalized spacial score (nSPS) is 9.40. The van der Waals surface area contributed by atoms with E-state index in [2.05, 4.69) is 36.9 Å². The van der Waals surface area contributed by atoms with Gasteiger partial charge in [0.15, 0.2) is 5.12 Å². The molecule has 0 bridgehead atoms. The lowest BCUT2D eigenvalue weighted by atomic mass is 10.6. The van der Waals surface area contributed by atoms with Crippen LogP contribution >= 0.6 is 12.6 Å². The Morgan fingerprint density at radius 3 is 1.90 bits per heavy atom. The van der Waals surface area contributed by atoms with Crippen LogP contribution in [0.1, 0.15) is 6.92 Å². The summed E-state index contributed by atoms with van der Waals surface area (Å²) in [5, 5.41) is -0.139. The third kappa shape index (κ3) is 2.23. The molecule has 0 atom stereocenters. The molecule has 0 saturated heterocycles. The van der Waals surface area contributed by atoms with Gasteiger partial charge in [-0.15, -0.1) is 12.6 Å². The van der Waals surface area contributed by atoms with Gasteiger partial charge in [-0.1, -0.05) is 18.2 Å². The average molecular weight is 152 g/mol. The highest BCUT2D eigenvalue weighted by molar-refractivity contribution is 7.96. The SMILES string of the molecule is CC(=O)S.c1cc2cc-2c1. The van der Waals surface area contributed by atoms with Crippen LogP contribution in [-0.4, -0.2) is 5.12 Å². The van der Waals surface area contributed by atoms with Crippen molar-refractivity contribution < 1.29 is 4.79 Å². The lowest BCUT2D eigenvalue weighted by molar-refractivity contribution is -0.108. The van der Waals surface area contributed by atoms with Crippen LogP contribution in [-0.2, 0) is 4.79 Å². The fraction of sp³-hybridized carbons (Fsp3) is 0.125. The average Bonchev–Trinajstić information content (AvgIpc) is 2.40. The smallest absolute Gasteiger partial charge is 0.182 e. The summed E-state index contributed by atoms with van der Waals surface area (Å²) in [6.07, 6.45) is 0. The van der Waals surface area contributed by atoms with Crippen molar-refractivity contribution in [2.75, 3.05) is 0 Å². The molecular weight excluding hydrogens is 144 g/mol. The number of thiol groups is 1. The quantitative estimate of drug-likeness (QED) is 0.572. The zero-order valence-corrected chi connectivity index (χ0v) is 6.56. The summed E-state index contributed by atoms with van der Waals surface area (Å²) in [5.41, 5.74) is 2.85. The van der Waals surface area contributed by atoms with Gasteiger partial charge in [0.25, 0.3) is 0 Å². The van der Waals surface area contributed by atoms with Gasteiger partial charge in [-0.25, -0.2) is 0 Å². The Labute approximate surface area is 65.5 Å². The highest BCUT2D eigenvalue weighted by Crippen LogP contribution is 2.32. The molecule has 2 aliphatic rings. The van der Waals surface area contributed by atoms with Crippen molar-refractivity contribution in [2.45, 2.75) is 6.92 Å². The third-order valence-corrected chi connectivity index (χ3v) is 1.11. The van der Waals surface area contributed by atoms with E-state index in [0.717, 1.165) is 0 Å². The lowest BCUT2D eigenvalue weighted by Crippen LogP contribution is -1.62. The molecule has 0 N–H and O–H groups in total. The summed E-state index contributed by atoms with van der Waals surface area (Å²) < 4.78 is 0. The molecule has 0 amide bonds. The van der Waals surface area contributed by atoms with Crippen molar-refractivity contribution in [1.29, 1.82) is 0 Å². The van der Waals surface area contributed by atoms with Crippen molar-refractivity contribution in [2.24, 2.45) is 0 Å². The maximum atomic E-state index is 9.31. The first-order valence-corrected chi connectivity index (χ1v) is 3.45. The van der Waals surface area contributed by atoms with Crippen LogP contribution in [0, 0.1) is 0 Å². The summed E-state index contributed by atoms with van der Waals surface area (Å²) in [7, 11) is 0. The van der Waals surface area contributed by atoms with Gasteiger partial charge in [0.2, 0.25) is 0 Å². The zero-order chi connectivity index (χ0) is 7.56. The Morgan fingerprint density at radius 1 is 1.40 bits per heavy atom. The number of hydrogen-bond donors (Lipinski definition) is 1. The van der Waals surface area contributed by atoms with Crippen molar-refractivity contribution in [3.63, 3.8) is 0 Å².